The van der Waals surface area contributed by atoms with Gasteiger partial charge in [-0.3, -0.25) is 0 Å². The van der Waals surface area contributed by atoms with Crippen LogP contribution in [0.25, 0.3) is 0 Å². The third kappa shape index (κ3) is 3.29. The van der Waals surface area contributed by atoms with Crippen molar-refractivity contribution in [3.8, 4) is 0 Å². The summed E-state index contributed by atoms with van der Waals surface area (Å²) in [6, 6.07) is 4.35. The molecule has 1 fully saturated rings. The molecule has 1 saturated heterocycles. The van der Waals surface area contributed by atoms with Gasteiger partial charge in [0.1, 0.15) is 0 Å². The second kappa shape index (κ2) is 6.47. The second-order valence-electron chi connectivity index (χ2n) is 6.44. The first-order valence-electron chi connectivity index (χ1n) is 7.91. The van der Waals surface area contributed by atoms with Crippen molar-refractivity contribution in [2.75, 3.05) is 13.1 Å². The number of rotatable bonds is 3. The highest BCUT2D eigenvalue weighted by Crippen LogP contribution is 2.38. The molecule has 1 unspecified atom stereocenters. The SMILES string of the molecule is CC(C)N1CCC(NC2CCCc3sc(Br)cc32)CC1. The molecule has 0 saturated carbocycles. The van der Waals surface area contributed by atoms with E-state index in [4.69, 9.17) is 0 Å². The predicted octanol–water partition coefficient (Wildman–Crippen LogP) is 4.35. The lowest BCUT2D eigenvalue weighted by Crippen LogP contribution is -2.46. The van der Waals surface area contributed by atoms with Crippen molar-refractivity contribution in [1.29, 1.82) is 0 Å². The molecule has 1 aliphatic heterocycles. The maximum Gasteiger partial charge on any atom is 0.0704 e. The molecule has 0 amide bonds. The maximum absolute atomic E-state index is 3.95. The summed E-state index contributed by atoms with van der Waals surface area (Å²) < 4.78 is 1.30. The van der Waals surface area contributed by atoms with Gasteiger partial charge in [0.15, 0.2) is 0 Å². The minimum absolute atomic E-state index is 0.594. The number of fused-ring (bicyclic) bond motifs is 1. The Kier molecular flexibility index (Phi) is 4.86. The number of hydrogen-bond donors (Lipinski definition) is 1. The quantitative estimate of drug-likeness (QED) is 0.865. The fourth-order valence-corrected chi connectivity index (χ4v) is 5.38. The largest absolute Gasteiger partial charge is 0.307 e. The molecule has 0 radical (unpaired) electrons. The van der Waals surface area contributed by atoms with E-state index < -0.39 is 0 Å². The van der Waals surface area contributed by atoms with Gasteiger partial charge in [0.25, 0.3) is 0 Å². The number of piperidine rings is 1. The van der Waals surface area contributed by atoms with Crippen LogP contribution in [0.15, 0.2) is 9.85 Å². The molecule has 1 aromatic heterocycles. The molecular formula is C16H25BrN2S. The topological polar surface area (TPSA) is 15.3 Å². The summed E-state index contributed by atoms with van der Waals surface area (Å²) in [5.41, 5.74) is 1.57. The summed E-state index contributed by atoms with van der Waals surface area (Å²) in [5, 5.41) is 3.95. The highest BCUT2D eigenvalue weighted by Gasteiger charge is 2.27. The van der Waals surface area contributed by atoms with E-state index in [1.165, 1.54) is 49.0 Å². The summed E-state index contributed by atoms with van der Waals surface area (Å²) >= 11 is 5.58. The number of halogens is 1. The van der Waals surface area contributed by atoms with Crippen LogP contribution in [0.4, 0.5) is 0 Å². The minimum atomic E-state index is 0.594. The fourth-order valence-electron chi connectivity index (χ4n) is 3.56. The summed E-state index contributed by atoms with van der Waals surface area (Å²) in [6.45, 7) is 7.12. The molecule has 0 spiro atoms. The molecule has 4 heteroatoms. The molecule has 2 aliphatic rings. The molecule has 0 aromatic carbocycles. The van der Waals surface area contributed by atoms with Crippen LogP contribution in [0.2, 0.25) is 0 Å². The molecule has 112 valence electrons. The van der Waals surface area contributed by atoms with E-state index in [9.17, 15) is 0 Å². The molecule has 0 bridgehead atoms. The zero-order valence-corrected chi connectivity index (χ0v) is 14.9. The van der Waals surface area contributed by atoms with Gasteiger partial charge in [-0.05, 0) is 86.6 Å². The first-order valence-corrected chi connectivity index (χ1v) is 9.52. The Morgan fingerprint density at radius 3 is 2.75 bits per heavy atom. The molecule has 3 rings (SSSR count). The molecular weight excluding hydrogens is 332 g/mol. The standard InChI is InChI=1S/C16H25BrN2S/c1-11(2)19-8-6-12(7-9-19)18-14-4-3-5-15-13(14)10-16(17)20-15/h10-12,14,18H,3-9H2,1-2H3. The van der Waals surface area contributed by atoms with Crippen molar-refractivity contribution in [2.45, 2.75) is 64.1 Å². The van der Waals surface area contributed by atoms with E-state index in [1.807, 2.05) is 11.3 Å². The molecule has 20 heavy (non-hydrogen) atoms. The Balaban J connectivity index is 1.60. The lowest BCUT2D eigenvalue weighted by Gasteiger charge is -2.37. The van der Waals surface area contributed by atoms with E-state index in [-0.39, 0.29) is 0 Å². The first-order chi connectivity index (χ1) is 9.63. The van der Waals surface area contributed by atoms with Crippen LogP contribution in [0.1, 0.15) is 56.0 Å². The number of thiophene rings is 1. The predicted molar refractivity (Wildman–Crippen MR) is 90.6 cm³/mol. The minimum Gasteiger partial charge on any atom is -0.307 e. The molecule has 2 heterocycles. The Morgan fingerprint density at radius 2 is 2.05 bits per heavy atom. The number of nitrogens with one attached hydrogen (secondary N) is 1. The smallest absolute Gasteiger partial charge is 0.0704 e. The van der Waals surface area contributed by atoms with Crippen LogP contribution in [0, 0.1) is 0 Å². The molecule has 1 aromatic rings. The van der Waals surface area contributed by atoms with E-state index in [0.717, 1.165) is 0 Å². The van der Waals surface area contributed by atoms with Crippen molar-refractivity contribution < 1.29 is 0 Å². The average Bonchev–Trinajstić information content (AvgIpc) is 2.81. The van der Waals surface area contributed by atoms with E-state index in [2.05, 4.69) is 46.1 Å². The van der Waals surface area contributed by atoms with E-state index >= 15 is 0 Å². The highest BCUT2D eigenvalue weighted by atomic mass is 79.9. The number of likely N-dealkylation sites (tertiary alicyclic amines) is 1. The van der Waals surface area contributed by atoms with Crippen LogP contribution in [-0.4, -0.2) is 30.1 Å². The maximum atomic E-state index is 3.95. The zero-order valence-electron chi connectivity index (χ0n) is 12.5. The van der Waals surface area contributed by atoms with Gasteiger partial charge in [0.05, 0.1) is 3.79 Å². The molecule has 1 atom stereocenters. The first kappa shape index (κ1) is 15.0. The average molecular weight is 357 g/mol. The molecule has 1 N–H and O–H groups in total. The van der Waals surface area contributed by atoms with Crippen molar-refractivity contribution in [1.82, 2.24) is 10.2 Å². The second-order valence-corrected chi connectivity index (χ2v) is 8.96. The van der Waals surface area contributed by atoms with Gasteiger partial charge in [-0.15, -0.1) is 11.3 Å². The Morgan fingerprint density at radius 1 is 1.30 bits per heavy atom. The lowest BCUT2D eigenvalue weighted by atomic mass is 9.92. The summed E-state index contributed by atoms with van der Waals surface area (Å²) in [5.74, 6) is 0. The van der Waals surface area contributed by atoms with E-state index in [1.54, 1.807) is 10.4 Å². The van der Waals surface area contributed by atoms with Crippen molar-refractivity contribution in [3.05, 3.63) is 20.3 Å². The van der Waals surface area contributed by atoms with Crippen LogP contribution < -0.4 is 5.32 Å². The third-order valence-corrected chi connectivity index (χ3v) is 6.49. The van der Waals surface area contributed by atoms with Crippen LogP contribution in [0.3, 0.4) is 0 Å². The fraction of sp³-hybridized carbons (Fsp3) is 0.750. The van der Waals surface area contributed by atoms with Gasteiger partial charge >= 0.3 is 0 Å². The van der Waals surface area contributed by atoms with Crippen LogP contribution in [0.5, 0.6) is 0 Å². The zero-order chi connectivity index (χ0) is 14.1. The van der Waals surface area contributed by atoms with Crippen LogP contribution in [-0.2, 0) is 6.42 Å². The van der Waals surface area contributed by atoms with Crippen molar-refractivity contribution >= 4 is 27.3 Å². The monoisotopic (exact) mass is 356 g/mol. The Hall–Kier alpha value is 0.100. The number of nitrogens with zero attached hydrogens (tertiary/aromatic N) is 1. The normalized spacial score (nSPS) is 25.1. The van der Waals surface area contributed by atoms with Gasteiger partial charge in [0.2, 0.25) is 0 Å². The highest BCUT2D eigenvalue weighted by molar-refractivity contribution is 9.11. The number of hydrogen-bond acceptors (Lipinski definition) is 3. The lowest BCUT2D eigenvalue weighted by molar-refractivity contribution is 0.155. The van der Waals surface area contributed by atoms with E-state index in [0.29, 0.717) is 18.1 Å². The van der Waals surface area contributed by atoms with Gasteiger partial charge in [0, 0.05) is 23.0 Å². The summed E-state index contributed by atoms with van der Waals surface area (Å²) in [7, 11) is 0. The summed E-state index contributed by atoms with van der Waals surface area (Å²) in [6.07, 6.45) is 6.52. The Labute approximate surface area is 135 Å². The van der Waals surface area contributed by atoms with Crippen molar-refractivity contribution in [3.63, 3.8) is 0 Å². The van der Waals surface area contributed by atoms with Gasteiger partial charge in [-0.1, -0.05) is 0 Å². The summed E-state index contributed by atoms with van der Waals surface area (Å²) in [4.78, 5) is 4.20. The van der Waals surface area contributed by atoms with Gasteiger partial charge < -0.3 is 10.2 Å². The van der Waals surface area contributed by atoms with Gasteiger partial charge in [-0.2, -0.15) is 0 Å². The van der Waals surface area contributed by atoms with Crippen molar-refractivity contribution in [2.24, 2.45) is 0 Å². The Bertz CT molecular complexity index is 449. The molecule has 1 aliphatic carbocycles. The third-order valence-electron chi connectivity index (χ3n) is 4.78. The number of aryl methyl sites for hydroxylation is 1. The molecule has 2 nitrogen and oxygen atoms in total. The van der Waals surface area contributed by atoms with Crippen LogP contribution >= 0.6 is 27.3 Å². The van der Waals surface area contributed by atoms with Gasteiger partial charge in [-0.25, -0.2) is 0 Å².